The van der Waals surface area contributed by atoms with Crippen LogP contribution in [0, 0.1) is 0 Å². The van der Waals surface area contributed by atoms with Crippen LogP contribution in [-0.4, -0.2) is 21.1 Å². The molecule has 0 bridgehead atoms. The van der Waals surface area contributed by atoms with Crippen LogP contribution in [0.5, 0.6) is 0 Å². The lowest BCUT2D eigenvalue weighted by atomic mass is 10.0. The fraction of sp³-hybridized carbons (Fsp3) is 0.333. The third-order valence-corrected chi connectivity index (χ3v) is 2.57. The zero-order valence-electron chi connectivity index (χ0n) is 9.64. The molecule has 2 aromatic heterocycles. The molecule has 0 saturated carbocycles. The van der Waals surface area contributed by atoms with Gasteiger partial charge in [-0.2, -0.15) is 5.10 Å². The molecule has 1 N–H and O–H groups in total. The maximum atomic E-state index is 4.30. The molecule has 1 unspecified atom stereocenters. The summed E-state index contributed by atoms with van der Waals surface area (Å²) >= 11 is 0. The van der Waals surface area contributed by atoms with E-state index >= 15 is 0 Å². The molecule has 2 heterocycles. The van der Waals surface area contributed by atoms with Crippen molar-refractivity contribution in [2.75, 3.05) is 6.54 Å². The molecule has 4 heteroatoms. The zero-order chi connectivity index (χ0) is 11.5. The summed E-state index contributed by atoms with van der Waals surface area (Å²) < 4.78 is 1.83. The van der Waals surface area contributed by atoms with Crippen molar-refractivity contribution in [1.29, 1.82) is 0 Å². The Bertz CT molecular complexity index is 500. The highest BCUT2D eigenvalue weighted by atomic mass is 15.2. The standard InChI is InChI=1S/C12H16N4/c1-4-14-12(9(2)3)10-7-15-16-6-5-13-8-11(10)16/h5-8,12,14H,2,4H2,1,3H3. The summed E-state index contributed by atoms with van der Waals surface area (Å²) in [6.45, 7) is 9.02. The summed E-state index contributed by atoms with van der Waals surface area (Å²) in [7, 11) is 0. The molecule has 0 saturated heterocycles. The minimum absolute atomic E-state index is 0.145. The van der Waals surface area contributed by atoms with E-state index in [0.29, 0.717) is 0 Å². The predicted molar refractivity (Wildman–Crippen MR) is 64.2 cm³/mol. The number of fused-ring (bicyclic) bond motifs is 1. The molecule has 0 fully saturated rings. The molecule has 0 spiro atoms. The molecule has 16 heavy (non-hydrogen) atoms. The Hall–Kier alpha value is -1.68. The van der Waals surface area contributed by atoms with E-state index in [1.165, 1.54) is 0 Å². The van der Waals surface area contributed by atoms with E-state index in [9.17, 15) is 0 Å². The normalized spacial score (nSPS) is 12.9. The third kappa shape index (κ3) is 1.84. The first-order valence-corrected chi connectivity index (χ1v) is 5.40. The first-order valence-electron chi connectivity index (χ1n) is 5.40. The van der Waals surface area contributed by atoms with Gasteiger partial charge in [-0.05, 0) is 13.5 Å². The first kappa shape index (κ1) is 10.8. The van der Waals surface area contributed by atoms with Crippen molar-refractivity contribution >= 4 is 5.52 Å². The van der Waals surface area contributed by atoms with Crippen molar-refractivity contribution in [1.82, 2.24) is 19.9 Å². The Morgan fingerprint density at radius 2 is 2.38 bits per heavy atom. The Balaban J connectivity index is 2.48. The van der Waals surface area contributed by atoms with Crippen LogP contribution in [0.3, 0.4) is 0 Å². The summed E-state index contributed by atoms with van der Waals surface area (Å²) in [4.78, 5) is 4.13. The SMILES string of the molecule is C=C(C)C(NCC)c1cnn2ccncc12. The van der Waals surface area contributed by atoms with Gasteiger partial charge in [0.25, 0.3) is 0 Å². The predicted octanol–water partition coefficient (Wildman–Crippen LogP) is 1.96. The summed E-state index contributed by atoms with van der Waals surface area (Å²) in [6.07, 6.45) is 7.28. The summed E-state index contributed by atoms with van der Waals surface area (Å²) in [5.41, 5.74) is 3.24. The molecule has 2 rings (SSSR count). The fourth-order valence-corrected chi connectivity index (χ4v) is 1.83. The number of nitrogens with zero attached hydrogens (tertiary/aromatic N) is 3. The monoisotopic (exact) mass is 216 g/mol. The molecule has 0 aliphatic heterocycles. The van der Waals surface area contributed by atoms with Gasteiger partial charge in [-0.15, -0.1) is 0 Å². The molecule has 4 nitrogen and oxygen atoms in total. The number of nitrogens with one attached hydrogen (secondary N) is 1. The third-order valence-electron chi connectivity index (χ3n) is 2.57. The van der Waals surface area contributed by atoms with Crippen molar-refractivity contribution in [2.45, 2.75) is 19.9 Å². The first-order chi connectivity index (χ1) is 7.74. The highest BCUT2D eigenvalue weighted by molar-refractivity contribution is 5.54. The van der Waals surface area contributed by atoms with E-state index in [0.717, 1.165) is 23.2 Å². The lowest BCUT2D eigenvalue weighted by molar-refractivity contribution is 0.625. The van der Waals surface area contributed by atoms with Crippen LogP contribution in [0.2, 0.25) is 0 Å². The average molecular weight is 216 g/mol. The van der Waals surface area contributed by atoms with Crippen LogP contribution in [0.25, 0.3) is 5.52 Å². The van der Waals surface area contributed by atoms with Gasteiger partial charge in [0.15, 0.2) is 0 Å². The number of hydrogen-bond acceptors (Lipinski definition) is 3. The van der Waals surface area contributed by atoms with Crippen molar-refractivity contribution in [2.24, 2.45) is 0 Å². The van der Waals surface area contributed by atoms with Crippen LogP contribution in [-0.2, 0) is 0 Å². The highest BCUT2D eigenvalue weighted by Gasteiger charge is 2.15. The van der Waals surface area contributed by atoms with E-state index in [1.54, 1.807) is 6.20 Å². The molecule has 0 aliphatic carbocycles. The Morgan fingerprint density at radius 3 is 3.06 bits per heavy atom. The van der Waals surface area contributed by atoms with Crippen molar-refractivity contribution < 1.29 is 0 Å². The van der Waals surface area contributed by atoms with Gasteiger partial charge in [0.1, 0.15) is 0 Å². The quantitative estimate of drug-likeness (QED) is 0.794. The largest absolute Gasteiger partial charge is 0.307 e. The molecular weight excluding hydrogens is 200 g/mol. The van der Waals surface area contributed by atoms with Crippen molar-refractivity contribution in [3.05, 3.63) is 42.5 Å². The summed E-state index contributed by atoms with van der Waals surface area (Å²) in [6, 6.07) is 0.145. The van der Waals surface area contributed by atoms with Gasteiger partial charge >= 0.3 is 0 Å². The molecule has 84 valence electrons. The van der Waals surface area contributed by atoms with Gasteiger partial charge in [0, 0.05) is 18.0 Å². The van der Waals surface area contributed by atoms with Gasteiger partial charge in [0.2, 0.25) is 0 Å². The number of rotatable bonds is 4. The van der Waals surface area contributed by atoms with Crippen LogP contribution in [0.1, 0.15) is 25.5 Å². The molecule has 2 aromatic rings. The maximum Gasteiger partial charge on any atom is 0.0896 e. The second-order valence-electron chi connectivity index (χ2n) is 3.84. The molecule has 0 aromatic carbocycles. The highest BCUT2D eigenvalue weighted by Crippen LogP contribution is 2.23. The van der Waals surface area contributed by atoms with Crippen molar-refractivity contribution in [3.63, 3.8) is 0 Å². The van der Waals surface area contributed by atoms with E-state index in [2.05, 4.69) is 28.9 Å². The maximum absolute atomic E-state index is 4.30. The Labute approximate surface area is 95.0 Å². The lowest BCUT2D eigenvalue weighted by Crippen LogP contribution is -2.21. The Kier molecular flexibility index (Phi) is 3.01. The molecule has 0 aliphatic rings. The zero-order valence-corrected chi connectivity index (χ0v) is 9.64. The van der Waals surface area contributed by atoms with Gasteiger partial charge in [-0.3, -0.25) is 4.98 Å². The minimum Gasteiger partial charge on any atom is -0.307 e. The molecular formula is C12H16N4. The van der Waals surface area contributed by atoms with Gasteiger partial charge in [0.05, 0.1) is 24.0 Å². The lowest BCUT2D eigenvalue weighted by Gasteiger charge is -2.16. The second kappa shape index (κ2) is 4.45. The van der Waals surface area contributed by atoms with E-state index < -0.39 is 0 Å². The second-order valence-corrected chi connectivity index (χ2v) is 3.84. The number of likely N-dealkylation sites (N-methyl/N-ethyl adjacent to an activating group) is 1. The van der Waals surface area contributed by atoms with Crippen LogP contribution in [0.4, 0.5) is 0 Å². The van der Waals surface area contributed by atoms with Crippen molar-refractivity contribution in [3.8, 4) is 0 Å². The van der Waals surface area contributed by atoms with Gasteiger partial charge < -0.3 is 5.32 Å². The molecule has 1 atom stereocenters. The van der Waals surface area contributed by atoms with E-state index in [-0.39, 0.29) is 6.04 Å². The summed E-state index contributed by atoms with van der Waals surface area (Å²) in [5, 5.41) is 7.70. The topological polar surface area (TPSA) is 42.2 Å². The van der Waals surface area contributed by atoms with Crippen LogP contribution < -0.4 is 5.32 Å². The van der Waals surface area contributed by atoms with E-state index in [4.69, 9.17) is 0 Å². The smallest absolute Gasteiger partial charge is 0.0896 e. The Morgan fingerprint density at radius 1 is 1.56 bits per heavy atom. The van der Waals surface area contributed by atoms with E-state index in [1.807, 2.05) is 30.0 Å². The fourth-order valence-electron chi connectivity index (χ4n) is 1.83. The van der Waals surface area contributed by atoms with Gasteiger partial charge in [-0.1, -0.05) is 19.1 Å². The van der Waals surface area contributed by atoms with Gasteiger partial charge in [-0.25, -0.2) is 4.52 Å². The summed E-state index contributed by atoms with van der Waals surface area (Å²) in [5.74, 6) is 0. The molecule has 0 amide bonds. The average Bonchev–Trinajstić information content (AvgIpc) is 2.69. The molecule has 0 radical (unpaired) electrons. The number of aromatic nitrogens is 3. The van der Waals surface area contributed by atoms with Crippen LogP contribution in [0.15, 0.2) is 36.9 Å². The minimum atomic E-state index is 0.145. The number of hydrogen-bond donors (Lipinski definition) is 1. The van der Waals surface area contributed by atoms with Crippen LogP contribution >= 0.6 is 0 Å².